The fourth-order valence-corrected chi connectivity index (χ4v) is 3.01. The summed E-state index contributed by atoms with van der Waals surface area (Å²) in [6, 6.07) is 6.74. The van der Waals surface area contributed by atoms with Gasteiger partial charge in [-0.1, -0.05) is 45.9 Å². The molecule has 1 heteroatoms. The third-order valence-electron chi connectivity index (χ3n) is 3.72. The van der Waals surface area contributed by atoms with E-state index in [-0.39, 0.29) is 11.0 Å². The van der Waals surface area contributed by atoms with Crippen LogP contribution in [0.1, 0.15) is 65.0 Å². The molecule has 0 fully saturated rings. The summed E-state index contributed by atoms with van der Waals surface area (Å²) in [5.74, 6) is 0.642. The summed E-state index contributed by atoms with van der Waals surface area (Å²) in [6.07, 6.45) is 1.20. The molecule has 0 aromatic heterocycles. The zero-order valence-electron chi connectivity index (χ0n) is 12.0. The highest BCUT2D eigenvalue weighted by Crippen LogP contribution is 2.43. The minimum atomic E-state index is 0.200. The van der Waals surface area contributed by atoms with Crippen molar-refractivity contribution in [3.63, 3.8) is 0 Å². The van der Waals surface area contributed by atoms with E-state index in [4.69, 9.17) is 0 Å². The lowest BCUT2D eigenvalue weighted by atomic mass is 9.76. The van der Waals surface area contributed by atoms with Crippen LogP contribution in [0.25, 0.3) is 0 Å². The van der Waals surface area contributed by atoms with E-state index in [0.29, 0.717) is 5.92 Å². The zero-order valence-corrected chi connectivity index (χ0v) is 12.0. The van der Waals surface area contributed by atoms with Crippen molar-refractivity contribution in [1.29, 1.82) is 0 Å². The first kappa shape index (κ1) is 12.5. The quantitative estimate of drug-likeness (QED) is 0.683. The number of hydrogen-bond donors (Lipinski definition) is 1. The number of benzene rings is 1. The predicted molar refractivity (Wildman–Crippen MR) is 75.9 cm³/mol. The highest BCUT2D eigenvalue weighted by molar-refractivity contribution is 5.64. The summed E-state index contributed by atoms with van der Waals surface area (Å²) in [7, 11) is 0. The van der Waals surface area contributed by atoms with Gasteiger partial charge >= 0.3 is 0 Å². The maximum Gasteiger partial charge on any atom is 0.0417 e. The average molecular weight is 231 g/mol. The number of fused-ring (bicyclic) bond motifs is 1. The molecule has 17 heavy (non-hydrogen) atoms. The molecule has 0 spiro atoms. The maximum absolute atomic E-state index is 3.74. The van der Waals surface area contributed by atoms with Gasteiger partial charge in [-0.25, -0.2) is 0 Å². The van der Waals surface area contributed by atoms with E-state index in [2.05, 4.69) is 65.1 Å². The first-order chi connectivity index (χ1) is 7.71. The van der Waals surface area contributed by atoms with E-state index in [1.54, 1.807) is 0 Å². The van der Waals surface area contributed by atoms with Crippen LogP contribution in [0.4, 0.5) is 5.69 Å². The molecule has 94 valence electrons. The molecule has 2 rings (SSSR count). The normalized spacial score (nSPS) is 22.8. The third kappa shape index (κ3) is 2.34. The monoisotopic (exact) mass is 231 g/mol. The van der Waals surface area contributed by atoms with Gasteiger partial charge < -0.3 is 5.32 Å². The Bertz CT molecular complexity index is 424. The van der Waals surface area contributed by atoms with Gasteiger partial charge in [0.25, 0.3) is 0 Å². The molecule has 1 aromatic rings. The number of hydrogen-bond acceptors (Lipinski definition) is 1. The van der Waals surface area contributed by atoms with E-state index in [1.165, 1.54) is 23.2 Å². The second kappa shape index (κ2) is 3.76. The van der Waals surface area contributed by atoms with Gasteiger partial charge in [-0.15, -0.1) is 0 Å². The van der Waals surface area contributed by atoms with Gasteiger partial charge in [0.1, 0.15) is 0 Å². The zero-order chi connectivity index (χ0) is 12.8. The number of nitrogens with one attached hydrogen (secondary N) is 1. The van der Waals surface area contributed by atoms with Crippen molar-refractivity contribution in [2.45, 2.75) is 64.8 Å². The van der Waals surface area contributed by atoms with Crippen molar-refractivity contribution in [2.75, 3.05) is 5.32 Å². The predicted octanol–water partition coefficient (Wildman–Crippen LogP) is 4.68. The van der Waals surface area contributed by atoms with Crippen molar-refractivity contribution >= 4 is 5.69 Å². The summed E-state index contributed by atoms with van der Waals surface area (Å²) >= 11 is 0. The van der Waals surface area contributed by atoms with Crippen molar-refractivity contribution in [3.05, 3.63) is 29.3 Å². The van der Waals surface area contributed by atoms with Gasteiger partial charge in [-0.05, 0) is 42.7 Å². The van der Waals surface area contributed by atoms with Crippen LogP contribution in [0, 0.1) is 0 Å². The van der Waals surface area contributed by atoms with Gasteiger partial charge in [0, 0.05) is 11.2 Å². The summed E-state index contributed by atoms with van der Waals surface area (Å²) in [5.41, 5.74) is 4.70. The molecule has 0 bridgehead atoms. The molecule has 0 saturated carbocycles. The number of para-hydroxylation sites is 1. The SMILES string of the molecule is CC1CC(C)(C)Nc2c1cccc2C(C)(C)C. The fourth-order valence-electron chi connectivity index (χ4n) is 3.01. The Hall–Kier alpha value is -0.980. The van der Waals surface area contributed by atoms with E-state index in [1.807, 2.05) is 0 Å². The highest BCUT2D eigenvalue weighted by Gasteiger charge is 2.32. The molecule has 1 aliphatic heterocycles. The Balaban J connectivity index is 2.58. The van der Waals surface area contributed by atoms with Gasteiger partial charge in [-0.3, -0.25) is 0 Å². The molecule has 1 aromatic carbocycles. The largest absolute Gasteiger partial charge is 0.380 e. The molecule has 1 heterocycles. The summed E-state index contributed by atoms with van der Waals surface area (Å²) in [5, 5.41) is 3.74. The molecule has 1 aliphatic rings. The van der Waals surface area contributed by atoms with Crippen LogP contribution in [-0.2, 0) is 5.41 Å². The summed E-state index contributed by atoms with van der Waals surface area (Å²) in [6.45, 7) is 13.8. The Kier molecular flexibility index (Phi) is 2.76. The van der Waals surface area contributed by atoms with E-state index in [0.717, 1.165) is 0 Å². The van der Waals surface area contributed by atoms with Crippen LogP contribution in [0.3, 0.4) is 0 Å². The number of anilines is 1. The lowest BCUT2D eigenvalue weighted by Crippen LogP contribution is -2.38. The lowest BCUT2D eigenvalue weighted by Gasteiger charge is -2.40. The van der Waals surface area contributed by atoms with Crippen molar-refractivity contribution in [1.82, 2.24) is 0 Å². The second-order valence-corrected chi connectivity index (χ2v) is 7.13. The third-order valence-corrected chi connectivity index (χ3v) is 3.72. The molecule has 0 amide bonds. The van der Waals surface area contributed by atoms with Crippen LogP contribution < -0.4 is 5.32 Å². The first-order valence-corrected chi connectivity index (χ1v) is 6.62. The minimum Gasteiger partial charge on any atom is -0.380 e. The Morgan fingerprint density at radius 3 is 2.47 bits per heavy atom. The van der Waals surface area contributed by atoms with Crippen LogP contribution in [-0.4, -0.2) is 5.54 Å². The van der Waals surface area contributed by atoms with Crippen molar-refractivity contribution in [3.8, 4) is 0 Å². The van der Waals surface area contributed by atoms with Gasteiger partial charge in [0.2, 0.25) is 0 Å². The highest BCUT2D eigenvalue weighted by atomic mass is 15.0. The molecular formula is C16H25N. The summed E-state index contributed by atoms with van der Waals surface area (Å²) < 4.78 is 0. The van der Waals surface area contributed by atoms with Gasteiger partial charge in [0.15, 0.2) is 0 Å². The molecule has 1 nitrogen and oxygen atoms in total. The maximum atomic E-state index is 3.74. The topological polar surface area (TPSA) is 12.0 Å². The van der Waals surface area contributed by atoms with Gasteiger partial charge in [-0.2, -0.15) is 0 Å². The van der Waals surface area contributed by atoms with Crippen molar-refractivity contribution < 1.29 is 0 Å². The Labute approximate surface area is 106 Å². The van der Waals surface area contributed by atoms with Crippen molar-refractivity contribution in [2.24, 2.45) is 0 Å². The van der Waals surface area contributed by atoms with E-state index < -0.39 is 0 Å². The van der Waals surface area contributed by atoms with Crippen LogP contribution in [0.5, 0.6) is 0 Å². The van der Waals surface area contributed by atoms with Gasteiger partial charge in [0.05, 0.1) is 0 Å². The molecular weight excluding hydrogens is 206 g/mol. The summed E-state index contributed by atoms with van der Waals surface area (Å²) in [4.78, 5) is 0. The lowest BCUT2D eigenvalue weighted by molar-refractivity contribution is 0.450. The smallest absolute Gasteiger partial charge is 0.0417 e. The van der Waals surface area contributed by atoms with E-state index in [9.17, 15) is 0 Å². The molecule has 0 saturated heterocycles. The van der Waals surface area contributed by atoms with E-state index >= 15 is 0 Å². The average Bonchev–Trinajstić information content (AvgIpc) is 2.13. The standard InChI is InChI=1S/C16H25N/c1-11-10-16(5,6)17-14-12(11)8-7-9-13(14)15(2,3)4/h7-9,11,17H,10H2,1-6H3. The number of rotatable bonds is 0. The minimum absolute atomic E-state index is 0.200. The van der Waals surface area contributed by atoms with Crippen LogP contribution in [0.2, 0.25) is 0 Å². The van der Waals surface area contributed by atoms with Crippen LogP contribution in [0.15, 0.2) is 18.2 Å². The molecule has 1 N–H and O–H groups in total. The molecule has 0 radical (unpaired) electrons. The molecule has 1 unspecified atom stereocenters. The first-order valence-electron chi connectivity index (χ1n) is 6.62. The van der Waals surface area contributed by atoms with Crippen LogP contribution >= 0.6 is 0 Å². The fraction of sp³-hybridized carbons (Fsp3) is 0.625. The molecule has 1 atom stereocenters. The Morgan fingerprint density at radius 2 is 1.88 bits per heavy atom. The Morgan fingerprint density at radius 1 is 1.24 bits per heavy atom. The molecule has 0 aliphatic carbocycles. The second-order valence-electron chi connectivity index (χ2n) is 7.13.